The van der Waals surface area contributed by atoms with E-state index < -0.39 is 0 Å². The molecule has 0 radical (unpaired) electrons. The normalized spacial score (nSPS) is 19.9. The zero-order chi connectivity index (χ0) is 22.6. The monoisotopic (exact) mass is 443 g/mol. The van der Waals surface area contributed by atoms with E-state index in [1.54, 1.807) is 16.8 Å². The first kappa shape index (κ1) is 20.2. The summed E-state index contributed by atoms with van der Waals surface area (Å²) in [6.07, 6.45) is 5.75. The van der Waals surface area contributed by atoms with E-state index in [1.807, 2.05) is 18.2 Å². The van der Waals surface area contributed by atoms with Crippen LogP contribution < -0.4 is 15.8 Å². The quantitative estimate of drug-likeness (QED) is 0.660. The van der Waals surface area contributed by atoms with E-state index in [0.29, 0.717) is 22.4 Å². The molecule has 170 valence electrons. The van der Waals surface area contributed by atoms with Gasteiger partial charge in [-0.15, -0.1) is 0 Å². The summed E-state index contributed by atoms with van der Waals surface area (Å²) in [6.45, 7) is 4.65. The summed E-state index contributed by atoms with van der Waals surface area (Å²) in [5.74, 6) is 0.450. The van der Waals surface area contributed by atoms with E-state index in [-0.39, 0.29) is 18.6 Å². The third kappa shape index (κ3) is 3.44. The van der Waals surface area contributed by atoms with Gasteiger partial charge in [-0.25, -0.2) is 4.98 Å². The molecule has 2 aromatic heterocycles. The van der Waals surface area contributed by atoms with Crippen LogP contribution in [0.2, 0.25) is 0 Å². The third-order valence-corrected chi connectivity index (χ3v) is 7.34. The minimum Gasteiger partial charge on any atom is -0.370 e. The zero-order valence-corrected chi connectivity index (χ0v) is 18.8. The van der Waals surface area contributed by atoms with Crippen molar-refractivity contribution in [2.24, 2.45) is 5.41 Å². The zero-order valence-electron chi connectivity index (χ0n) is 18.8. The molecule has 2 saturated heterocycles. The van der Waals surface area contributed by atoms with Gasteiger partial charge in [-0.2, -0.15) is 10.2 Å². The molecule has 8 nitrogen and oxygen atoms in total. The highest BCUT2D eigenvalue weighted by atomic mass is 16.1. The van der Waals surface area contributed by atoms with E-state index in [1.165, 1.54) is 18.8 Å². The number of nitrogens with zero attached hydrogens (tertiary/aromatic N) is 6. The Hall–Kier alpha value is -3.44. The van der Waals surface area contributed by atoms with Crippen molar-refractivity contribution in [2.45, 2.75) is 31.7 Å². The lowest BCUT2D eigenvalue weighted by molar-refractivity contribution is -0.00238. The van der Waals surface area contributed by atoms with E-state index in [2.05, 4.69) is 39.3 Å². The molecule has 4 heterocycles. The van der Waals surface area contributed by atoms with Crippen molar-refractivity contribution < 1.29 is 1.43 Å². The van der Waals surface area contributed by atoms with Crippen molar-refractivity contribution in [3.8, 4) is 6.07 Å². The number of pyridine rings is 1. The summed E-state index contributed by atoms with van der Waals surface area (Å²) in [6, 6.07) is 12.1. The Morgan fingerprint density at radius 3 is 2.55 bits per heavy atom. The van der Waals surface area contributed by atoms with Gasteiger partial charge in [0, 0.05) is 62.0 Å². The van der Waals surface area contributed by atoms with Crippen LogP contribution in [-0.4, -0.2) is 52.7 Å². The molecule has 0 unspecified atom stereocenters. The van der Waals surface area contributed by atoms with Crippen LogP contribution in [-0.2, 0) is 0 Å². The second kappa shape index (κ2) is 7.56. The SMILES string of the molecule is CN1CC2(C1)CN(c1ccc(Nc3ncc4cc(C#N)c(=O)n(C5CCCC5)c4n3)cc1)C2.[HH]. The molecule has 0 bridgehead atoms. The van der Waals surface area contributed by atoms with Gasteiger partial charge in [-0.05, 0) is 50.2 Å². The highest BCUT2D eigenvalue weighted by Gasteiger charge is 2.50. The minimum absolute atomic E-state index is 0. The Labute approximate surface area is 194 Å². The molecule has 6 rings (SSSR count). The molecule has 2 aliphatic heterocycles. The Bertz CT molecular complexity index is 1310. The number of anilines is 3. The summed E-state index contributed by atoms with van der Waals surface area (Å²) in [4.78, 5) is 26.9. The van der Waals surface area contributed by atoms with Crippen LogP contribution in [0.4, 0.5) is 17.3 Å². The molecule has 0 amide bonds. The molecule has 1 aromatic carbocycles. The first-order valence-electron chi connectivity index (χ1n) is 11.7. The second-order valence-electron chi connectivity index (χ2n) is 9.96. The maximum absolute atomic E-state index is 12.9. The van der Waals surface area contributed by atoms with E-state index >= 15 is 0 Å². The fraction of sp³-hybridized carbons (Fsp3) is 0.440. The van der Waals surface area contributed by atoms with Gasteiger partial charge in [0.1, 0.15) is 17.3 Å². The summed E-state index contributed by atoms with van der Waals surface area (Å²) in [7, 11) is 2.18. The van der Waals surface area contributed by atoms with Gasteiger partial charge >= 0.3 is 0 Å². The smallest absolute Gasteiger partial charge is 0.270 e. The number of rotatable bonds is 4. The molecule has 3 fully saturated rings. The van der Waals surface area contributed by atoms with Crippen molar-refractivity contribution in [3.05, 3.63) is 52.4 Å². The number of fused-ring (bicyclic) bond motifs is 1. The maximum atomic E-state index is 12.9. The van der Waals surface area contributed by atoms with Gasteiger partial charge < -0.3 is 15.1 Å². The van der Waals surface area contributed by atoms with E-state index in [4.69, 9.17) is 4.98 Å². The van der Waals surface area contributed by atoms with Gasteiger partial charge in [0.25, 0.3) is 5.56 Å². The van der Waals surface area contributed by atoms with Crippen LogP contribution in [0.3, 0.4) is 0 Å². The maximum Gasteiger partial charge on any atom is 0.270 e. The van der Waals surface area contributed by atoms with Crippen molar-refractivity contribution in [1.29, 1.82) is 5.26 Å². The number of nitriles is 1. The van der Waals surface area contributed by atoms with Crippen LogP contribution in [0.1, 0.15) is 38.7 Å². The predicted molar refractivity (Wildman–Crippen MR) is 130 cm³/mol. The lowest BCUT2D eigenvalue weighted by Crippen LogP contribution is -2.71. The third-order valence-electron chi connectivity index (χ3n) is 7.34. The number of hydrogen-bond donors (Lipinski definition) is 1. The first-order valence-corrected chi connectivity index (χ1v) is 11.7. The second-order valence-corrected chi connectivity index (χ2v) is 9.96. The van der Waals surface area contributed by atoms with Crippen LogP contribution in [0.25, 0.3) is 11.0 Å². The Morgan fingerprint density at radius 2 is 1.88 bits per heavy atom. The van der Waals surface area contributed by atoms with Crippen molar-refractivity contribution in [1.82, 2.24) is 19.4 Å². The fourth-order valence-corrected chi connectivity index (χ4v) is 5.89. The summed E-state index contributed by atoms with van der Waals surface area (Å²) >= 11 is 0. The van der Waals surface area contributed by atoms with Gasteiger partial charge in [0.15, 0.2) is 0 Å². The van der Waals surface area contributed by atoms with Crippen molar-refractivity contribution in [3.63, 3.8) is 0 Å². The molecule has 1 aliphatic carbocycles. The number of aromatic nitrogens is 3. The van der Waals surface area contributed by atoms with Crippen molar-refractivity contribution >= 4 is 28.4 Å². The van der Waals surface area contributed by atoms with Crippen LogP contribution >= 0.6 is 0 Å². The first-order chi connectivity index (χ1) is 16.0. The Balaban J connectivity index is 0.00000241. The van der Waals surface area contributed by atoms with Gasteiger partial charge in [-0.1, -0.05) is 12.8 Å². The van der Waals surface area contributed by atoms with Gasteiger partial charge in [-0.3, -0.25) is 9.36 Å². The topological polar surface area (TPSA) is 90.1 Å². The lowest BCUT2D eigenvalue weighted by Gasteiger charge is -2.60. The lowest BCUT2D eigenvalue weighted by atomic mass is 9.73. The Morgan fingerprint density at radius 1 is 1.15 bits per heavy atom. The number of nitrogens with one attached hydrogen (secondary N) is 1. The van der Waals surface area contributed by atoms with E-state index in [0.717, 1.165) is 44.5 Å². The Kier molecular flexibility index (Phi) is 4.63. The highest BCUT2D eigenvalue weighted by molar-refractivity contribution is 5.77. The number of hydrogen-bond acceptors (Lipinski definition) is 7. The summed E-state index contributed by atoms with van der Waals surface area (Å²) in [5.41, 5.74) is 3.13. The van der Waals surface area contributed by atoms with Crippen LogP contribution in [0.15, 0.2) is 41.3 Å². The molecule has 1 N–H and O–H groups in total. The molecule has 33 heavy (non-hydrogen) atoms. The highest BCUT2D eigenvalue weighted by Crippen LogP contribution is 2.41. The fourth-order valence-electron chi connectivity index (χ4n) is 5.89. The number of likely N-dealkylation sites (tertiary alicyclic amines) is 1. The molecular formula is C25H29N7O. The van der Waals surface area contributed by atoms with Crippen LogP contribution in [0.5, 0.6) is 0 Å². The molecule has 3 aliphatic rings. The minimum atomic E-state index is -0.254. The van der Waals surface area contributed by atoms with Crippen LogP contribution in [0, 0.1) is 16.7 Å². The molecule has 8 heteroatoms. The van der Waals surface area contributed by atoms with Gasteiger partial charge in [0.2, 0.25) is 5.95 Å². The molecule has 3 aromatic rings. The summed E-state index contributed by atoms with van der Waals surface area (Å²) < 4.78 is 1.72. The van der Waals surface area contributed by atoms with Crippen molar-refractivity contribution in [2.75, 3.05) is 43.4 Å². The number of benzene rings is 1. The average Bonchev–Trinajstić information content (AvgIpc) is 3.30. The predicted octanol–water partition coefficient (Wildman–Crippen LogP) is 3.52. The molecule has 0 atom stereocenters. The average molecular weight is 444 g/mol. The molecule has 1 saturated carbocycles. The molecule has 1 spiro atoms. The summed E-state index contributed by atoms with van der Waals surface area (Å²) in [5, 5.41) is 13.4. The largest absolute Gasteiger partial charge is 0.370 e. The van der Waals surface area contributed by atoms with E-state index in [9.17, 15) is 10.1 Å². The molecular weight excluding hydrogens is 414 g/mol. The van der Waals surface area contributed by atoms with Gasteiger partial charge in [0.05, 0.1) is 0 Å². The standard InChI is InChI=1S/C25H27N7O.H2/c1-30-13-25(14-30)15-31(16-25)20-8-6-19(7-9-20)28-24-27-12-18-10-17(11-26)23(33)32(22(18)29-24)21-4-2-3-5-21;/h6-10,12,21H,2-5,13-16H2,1H3,(H,27,28,29);1H.